The molecule has 2 heterocycles. The van der Waals surface area contributed by atoms with Crippen molar-refractivity contribution in [3.63, 3.8) is 0 Å². The van der Waals surface area contributed by atoms with Crippen molar-refractivity contribution in [1.82, 2.24) is 4.57 Å². The maximum absolute atomic E-state index is 12.2. The van der Waals surface area contributed by atoms with E-state index in [1.165, 1.54) is 17.6 Å². The van der Waals surface area contributed by atoms with Gasteiger partial charge in [-0.05, 0) is 24.3 Å². The van der Waals surface area contributed by atoms with Gasteiger partial charge in [0.15, 0.2) is 10.6 Å². The molecule has 23 heavy (non-hydrogen) atoms. The quantitative estimate of drug-likeness (QED) is 0.683. The molecule has 5 nitrogen and oxygen atoms in total. The Morgan fingerprint density at radius 2 is 2.35 bits per heavy atom. The number of thiazole rings is 1. The predicted molar refractivity (Wildman–Crippen MR) is 88.8 cm³/mol. The van der Waals surface area contributed by atoms with Gasteiger partial charge in [-0.25, -0.2) is 0 Å². The molecule has 2 aromatic heterocycles. The molecule has 0 atom stereocenters. The summed E-state index contributed by atoms with van der Waals surface area (Å²) in [6.07, 6.45) is 6.87. The van der Waals surface area contributed by atoms with Crippen LogP contribution in [0.2, 0.25) is 5.02 Å². The van der Waals surface area contributed by atoms with Crippen molar-refractivity contribution in [1.29, 1.82) is 0 Å². The molecule has 0 saturated carbocycles. The lowest BCUT2D eigenvalue weighted by Crippen LogP contribution is -2.16. The second-order valence-electron chi connectivity index (χ2n) is 4.50. The molecule has 0 unspecified atom stereocenters. The van der Waals surface area contributed by atoms with E-state index in [0.29, 0.717) is 21.1 Å². The van der Waals surface area contributed by atoms with Crippen LogP contribution in [-0.4, -0.2) is 17.6 Å². The molecule has 0 bridgehead atoms. The molecule has 116 valence electrons. The first-order valence-corrected chi connectivity index (χ1v) is 7.77. The van der Waals surface area contributed by atoms with E-state index in [2.05, 4.69) is 10.9 Å². The zero-order chi connectivity index (χ0) is 16.4. The summed E-state index contributed by atoms with van der Waals surface area (Å²) in [5.41, 5.74) is 0.717. The maximum atomic E-state index is 12.2. The van der Waals surface area contributed by atoms with Crippen LogP contribution >= 0.6 is 22.9 Å². The number of carbonyl (C=O) groups excluding carboxylic acids is 1. The number of benzene rings is 1. The number of aromatic nitrogens is 1. The van der Waals surface area contributed by atoms with E-state index in [4.69, 9.17) is 27.2 Å². The molecule has 0 saturated heterocycles. The molecular formula is C16H11ClN2O3S. The highest BCUT2D eigenvalue weighted by molar-refractivity contribution is 7.17. The Kier molecular flexibility index (Phi) is 4.24. The van der Waals surface area contributed by atoms with Crippen LogP contribution in [0.5, 0.6) is 5.75 Å². The van der Waals surface area contributed by atoms with E-state index in [1.54, 1.807) is 35.9 Å². The summed E-state index contributed by atoms with van der Waals surface area (Å²) in [6.45, 7) is 0.237. The molecule has 1 amide bonds. The van der Waals surface area contributed by atoms with Crippen LogP contribution in [0.15, 0.2) is 39.9 Å². The van der Waals surface area contributed by atoms with E-state index < -0.39 is 5.91 Å². The van der Waals surface area contributed by atoms with Crippen LogP contribution in [0.4, 0.5) is 0 Å². The van der Waals surface area contributed by atoms with Gasteiger partial charge < -0.3 is 13.7 Å². The Labute approximate surface area is 140 Å². The number of hydrogen-bond donors (Lipinski definition) is 0. The number of rotatable bonds is 3. The fourth-order valence-corrected chi connectivity index (χ4v) is 3.47. The first-order chi connectivity index (χ1) is 11.2. The molecule has 3 rings (SSSR count). The number of hydrogen-bond acceptors (Lipinski definition) is 4. The van der Waals surface area contributed by atoms with Crippen LogP contribution in [0.25, 0.3) is 10.2 Å². The van der Waals surface area contributed by atoms with Gasteiger partial charge in [-0.2, -0.15) is 4.99 Å². The minimum Gasteiger partial charge on any atom is -0.495 e. The second kappa shape index (κ2) is 6.32. The Bertz CT molecular complexity index is 977. The monoisotopic (exact) mass is 346 g/mol. The second-order valence-corrected chi connectivity index (χ2v) is 5.88. The number of halogens is 1. The normalized spacial score (nSPS) is 11.6. The van der Waals surface area contributed by atoms with Crippen molar-refractivity contribution in [2.45, 2.75) is 6.54 Å². The van der Waals surface area contributed by atoms with E-state index in [1.807, 2.05) is 0 Å². The molecule has 0 N–H and O–H groups in total. The summed E-state index contributed by atoms with van der Waals surface area (Å²) in [6, 6.07) is 6.67. The van der Waals surface area contributed by atoms with Gasteiger partial charge >= 0.3 is 5.91 Å². The zero-order valence-electron chi connectivity index (χ0n) is 12.1. The summed E-state index contributed by atoms with van der Waals surface area (Å²) < 4.78 is 12.9. The van der Waals surface area contributed by atoms with Gasteiger partial charge in [0.2, 0.25) is 0 Å². The zero-order valence-corrected chi connectivity index (χ0v) is 13.6. The van der Waals surface area contributed by atoms with Gasteiger partial charge in [-0.1, -0.05) is 28.9 Å². The maximum Gasteiger partial charge on any atom is 0.315 e. The topological polar surface area (TPSA) is 56.7 Å². The van der Waals surface area contributed by atoms with Crippen LogP contribution < -0.4 is 9.54 Å². The Morgan fingerprint density at radius 3 is 3.00 bits per heavy atom. The average molecular weight is 347 g/mol. The number of terminal acetylenes is 1. The SMILES string of the molecule is C#CCn1c(=NC(=O)c2ccco2)sc2c(Cl)ccc(OC)c21. The number of nitrogens with zero attached hydrogens (tertiary/aromatic N) is 2. The van der Waals surface area contributed by atoms with Crippen molar-refractivity contribution in [2.75, 3.05) is 7.11 Å². The largest absolute Gasteiger partial charge is 0.495 e. The number of amides is 1. The fraction of sp³-hybridized carbons (Fsp3) is 0.125. The molecule has 7 heteroatoms. The third-order valence-electron chi connectivity index (χ3n) is 3.14. The number of fused-ring (bicyclic) bond motifs is 1. The summed E-state index contributed by atoms with van der Waals surface area (Å²) in [4.78, 5) is 16.7. The molecule has 0 aliphatic carbocycles. The third kappa shape index (κ3) is 2.77. The minimum atomic E-state index is -0.484. The molecule has 0 aliphatic heterocycles. The highest BCUT2D eigenvalue weighted by Gasteiger charge is 2.15. The van der Waals surface area contributed by atoms with E-state index >= 15 is 0 Å². The predicted octanol–water partition coefficient (Wildman–Crippen LogP) is 3.33. The summed E-state index contributed by atoms with van der Waals surface area (Å²) in [7, 11) is 1.56. The van der Waals surface area contributed by atoms with Crippen LogP contribution in [0.3, 0.4) is 0 Å². The molecule has 1 aromatic carbocycles. The van der Waals surface area contributed by atoms with Gasteiger partial charge in [-0.15, -0.1) is 6.42 Å². The highest BCUT2D eigenvalue weighted by Crippen LogP contribution is 2.33. The van der Waals surface area contributed by atoms with Gasteiger partial charge in [0, 0.05) is 0 Å². The van der Waals surface area contributed by atoms with Gasteiger partial charge in [0.1, 0.15) is 11.3 Å². The van der Waals surface area contributed by atoms with Crippen LogP contribution in [0, 0.1) is 12.3 Å². The molecule has 3 aromatic rings. The Hall–Kier alpha value is -2.49. The highest BCUT2D eigenvalue weighted by atomic mass is 35.5. The standard InChI is InChI=1S/C16H11ClN2O3S/c1-3-8-19-13-11(21-2)7-6-10(17)14(13)23-16(19)18-15(20)12-5-4-9-22-12/h1,4-7,9H,8H2,2H3. The summed E-state index contributed by atoms with van der Waals surface area (Å²) >= 11 is 7.52. The lowest BCUT2D eigenvalue weighted by Gasteiger charge is -2.06. The van der Waals surface area contributed by atoms with Crippen molar-refractivity contribution in [2.24, 2.45) is 4.99 Å². The molecular weight excluding hydrogens is 336 g/mol. The van der Waals surface area contributed by atoms with Crippen LogP contribution in [-0.2, 0) is 6.54 Å². The van der Waals surface area contributed by atoms with Crippen molar-refractivity contribution < 1.29 is 13.9 Å². The lowest BCUT2D eigenvalue weighted by molar-refractivity contribution is 0.0971. The van der Waals surface area contributed by atoms with E-state index in [9.17, 15) is 4.79 Å². The lowest BCUT2D eigenvalue weighted by atomic mass is 10.3. The first-order valence-electron chi connectivity index (χ1n) is 6.57. The first kappa shape index (κ1) is 15.4. The fourth-order valence-electron chi connectivity index (χ4n) is 2.15. The molecule has 0 fully saturated rings. The Morgan fingerprint density at radius 1 is 1.52 bits per heavy atom. The van der Waals surface area contributed by atoms with Crippen molar-refractivity contribution >= 4 is 39.1 Å². The number of ether oxygens (including phenoxy) is 1. The minimum absolute atomic E-state index is 0.160. The van der Waals surface area contributed by atoms with Crippen molar-refractivity contribution in [3.8, 4) is 18.1 Å². The van der Waals surface area contributed by atoms with E-state index in [-0.39, 0.29) is 12.3 Å². The number of carbonyl (C=O) groups is 1. The van der Waals surface area contributed by atoms with Gasteiger partial charge in [0.25, 0.3) is 0 Å². The van der Waals surface area contributed by atoms with Gasteiger partial charge in [0.05, 0.1) is 29.6 Å². The molecule has 0 spiro atoms. The number of methoxy groups -OCH3 is 1. The summed E-state index contributed by atoms with van der Waals surface area (Å²) in [5, 5.41) is 0.545. The average Bonchev–Trinajstić information content (AvgIpc) is 3.18. The van der Waals surface area contributed by atoms with Gasteiger partial charge in [-0.3, -0.25) is 4.79 Å². The summed E-state index contributed by atoms with van der Waals surface area (Å²) in [5.74, 6) is 2.85. The van der Waals surface area contributed by atoms with Crippen molar-refractivity contribution in [3.05, 3.63) is 46.1 Å². The number of furan rings is 1. The molecule has 0 radical (unpaired) electrons. The van der Waals surface area contributed by atoms with E-state index in [0.717, 1.165) is 4.70 Å². The Balaban J connectivity index is 2.29. The van der Waals surface area contributed by atoms with Crippen LogP contribution in [0.1, 0.15) is 10.6 Å². The smallest absolute Gasteiger partial charge is 0.315 e. The molecule has 0 aliphatic rings. The third-order valence-corrected chi connectivity index (χ3v) is 4.68.